The highest BCUT2D eigenvalue weighted by atomic mass is 35.5. The number of β-amino-alcohol motifs (C(OH)–C–C–N with tert-alkyl or cyclic N) is 1. The lowest BCUT2D eigenvalue weighted by atomic mass is 9.77. The maximum Gasteiger partial charge on any atom is 0.153 e. The van der Waals surface area contributed by atoms with Gasteiger partial charge in [-0.25, -0.2) is 0 Å². The standard InChI is InChI=1S/C36H38ClN3O5/c1-26-32(29-8-3-2-4-9-29)11-5-12-36(26,45-15-7-14-40-13-6-10-31(42)22-40)25-44-35-18-34(30(23-41)17-33(35)37)43-24-28-16-27(19-38)20-39-21-28/h2-5,8-9,11-12,16-18,20-21,23,26,31,42H,6-7,10,13-15,22,24-25H2,1H3/t26-,31?,36?/m1/s1. The Morgan fingerprint density at radius 2 is 2.02 bits per heavy atom. The zero-order chi connectivity index (χ0) is 31.6. The van der Waals surface area contributed by atoms with Gasteiger partial charge in [-0.3, -0.25) is 9.78 Å². The van der Waals surface area contributed by atoms with Gasteiger partial charge in [0.15, 0.2) is 6.29 Å². The third-order valence-corrected chi connectivity index (χ3v) is 8.69. The molecule has 2 unspecified atom stereocenters. The lowest BCUT2D eigenvalue weighted by molar-refractivity contribution is -0.0628. The van der Waals surface area contributed by atoms with Crippen molar-refractivity contribution in [3.63, 3.8) is 0 Å². The summed E-state index contributed by atoms with van der Waals surface area (Å²) in [6.07, 6.45) is 12.4. The molecule has 2 aromatic carbocycles. The van der Waals surface area contributed by atoms with E-state index in [0.29, 0.717) is 42.1 Å². The molecule has 0 spiro atoms. The van der Waals surface area contributed by atoms with Crippen LogP contribution in [0.1, 0.15) is 53.2 Å². The van der Waals surface area contributed by atoms with Crippen molar-refractivity contribution in [1.29, 1.82) is 5.26 Å². The normalized spacial score (nSPS) is 21.5. The van der Waals surface area contributed by atoms with E-state index in [9.17, 15) is 15.2 Å². The number of nitriles is 1. The molecule has 1 fully saturated rings. The smallest absolute Gasteiger partial charge is 0.153 e. The minimum absolute atomic E-state index is 0.0506. The summed E-state index contributed by atoms with van der Waals surface area (Å²) in [7, 11) is 0. The van der Waals surface area contributed by atoms with Gasteiger partial charge in [-0.1, -0.05) is 61.0 Å². The zero-order valence-corrected chi connectivity index (χ0v) is 26.2. The number of hydrogen-bond acceptors (Lipinski definition) is 8. The van der Waals surface area contributed by atoms with Gasteiger partial charge in [0.25, 0.3) is 0 Å². The molecule has 0 amide bonds. The molecule has 1 aliphatic heterocycles. The number of benzene rings is 2. The Bertz CT molecular complexity index is 1570. The molecule has 0 bridgehead atoms. The summed E-state index contributed by atoms with van der Waals surface area (Å²) in [5.74, 6) is 0.621. The van der Waals surface area contributed by atoms with E-state index >= 15 is 0 Å². The van der Waals surface area contributed by atoms with Crippen molar-refractivity contribution in [2.45, 2.75) is 44.5 Å². The molecule has 3 atom stereocenters. The summed E-state index contributed by atoms with van der Waals surface area (Å²) in [5.41, 5.74) is 2.86. The van der Waals surface area contributed by atoms with Gasteiger partial charge in [-0.15, -0.1) is 0 Å². The number of aromatic nitrogens is 1. The van der Waals surface area contributed by atoms with Crippen molar-refractivity contribution in [1.82, 2.24) is 9.88 Å². The number of aliphatic hydroxyl groups excluding tert-OH is 1. The van der Waals surface area contributed by atoms with Crippen molar-refractivity contribution in [2.24, 2.45) is 5.92 Å². The molecule has 9 heteroatoms. The average Bonchev–Trinajstić information content (AvgIpc) is 3.07. The SMILES string of the molecule is C[C@@H]1C(c2ccccc2)=CC=CC1(COc1cc(OCc2cncc(C#N)c2)c(C=O)cc1Cl)OCCCN1CCCC(O)C1. The van der Waals surface area contributed by atoms with Gasteiger partial charge in [0, 0.05) is 49.6 Å². The molecule has 0 radical (unpaired) electrons. The number of piperidine rings is 1. The fraction of sp³-hybridized carbons (Fsp3) is 0.361. The first-order valence-electron chi connectivity index (χ1n) is 15.3. The second-order valence-electron chi connectivity index (χ2n) is 11.5. The van der Waals surface area contributed by atoms with Gasteiger partial charge in [0.2, 0.25) is 0 Å². The van der Waals surface area contributed by atoms with Crippen molar-refractivity contribution >= 4 is 23.5 Å². The fourth-order valence-corrected chi connectivity index (χ4v) is 6.10. The highest BCUT2D eigenvalue weighted by Crippen LogP contribution is 2.40. The van der Waals surface area contributed by atoms with Crippen LogP contribution in [0.4, 0.5) is 0 Å². The van der Waals surface area contributed by atoms with E-state index < -0.39 is 5.60 Å². The summed E-state index contributed by atoms with van der Waals surface area (Å²) in [4.78, 5) is 18.2. The first-order chi connectivity index (χ1) is 21.9. The molecule has 0 saturated carbocycles. The molecule has 8 nitrogen and oxygen atoms in total. The van der Waals surface area contributed by atoms with E-state index in [-0.39, 0.29) is 35.8 Å². The number of pyridine rings is 1. The largest absolute Gasteiger partial charge is 0.489 e. The van der Waals surface area contributed by atoms with Crippen LogP contribution in [-0.2, 0) is 11.3 Å². The second-order valence-corrected chi connectivity index (χ2v) is 11.9. The quantitative estimate of drug-likeness (QED) is 0.175. The molecule has 1 saturated heterocycles. The maximum absolute atomic E-state index is 11.9. The number of aliphatic hydroxyl groups is 1. The topological polar surface area (TPSA) is 105 Å². The Hall–Kier alpha value is -4.00. The van der Waals surface area contributed by atoms with Crippen molar-refractivity contribution in [3.05, 3.63) is 106 Å². The Morgan fingerprint density at radius 1 is 1.18 bits per heavy atom. The summed E-state index contributed by atoms with van der Waals surface area (Å²) in [6, 6.07) is 17.1. The van der Waals surface area contributed by atoms with E-state index in [1.807, 2.05) is 24.3 Å². The zero-order valence-electron chi connectivity index (χ0n) is 25.4. The van der Waals surface area contributed by atoms with Crippen LogP contribution in [0.5, 0.6) is 11.5 Å². The Morgan fingerprint density at radius 3 is 2.80 bits per heavy atom. The van der Waals surface area contributed by atoms with Gasteiger partial charge < -0.3 is 24.2 Å². The molecule has 2 aliphatic rings. The Labute approximate surface area is 269 Å². The lowest BCUT2D eigenvalue weighted by Gasteiger charge is -2.40. The molecular weight excluding hydrogens is 590 g/mol. The number of ether oxygens (including phenoxy) is 3. The second kappa shape index (κ2) is 15.3. The van der Waals surface area contributed by atoms with Crippen LogP contribution in [0.25, 0.3) is 5.57 Å². The number of rotatable bonds is 13. The van der Waals surface area contributed by atoms with Crippen LogP contribution in [0.3, 0.4) is 0 Å². The summed E-state index contributed by atoms with van der Waals surface area (Å²) in [5, 5.41) is 19.5. The molecule has 2 heterocycles. The molecule has 1 aromatic heterocycles. The molecule has 5 rings (SSSR count). The summed E-state index contributed by atoms with van der Waals surface area (Å²) in [6.45, 7) is 5.46. The number of nitrogens with zero attached hydrogens (tertiary/aromatic N) is 3. The number of carbonyl (C=O) groups is 1. The minimum Gasteiger partial charge on any atom is -0.489 e. The number of aldehydes is 1. The Kier molecular flexibility index (Phi) is 11.0. The maximum atomic E-state index is 11.9. The monoisotopic (exact) mass is 627 g/mol. The number of hydrogen-bond donors (Lipinski definition) is 1. The van der Waals surface area contributed by atoms with Crippen LogP contribution >= 0.6 is 11.6 Å². The third-order valence-electron chi connectivity index (χ3n) is 8.39. The van der Waals surface area contributed by atoms with E-state index in [1.54, 1.807) is 18.3 Å². The van der Waals surface area contributed by atoms with Crippen LogP contribution in [-0.4, -0.2) is 65.8 Å². The number of halogens is 1. The molecule has 234 valence electrons. The highest BCUT2D eigenvalue weighted by molar-refractivity contribution is 6.32. The summed E-state index contributed by atoms with van der Waals surface area (Å²) >= 11 is 6.60. The van der Waals surface area contributed by atoms with Crippen molar-refractivity contribution < 1.29 is 24.1 Å². The van der Waals surface area contributed by atoms with E-state index in [4.69, 9.17) is 25.8 Å². The first-order valence-corrected chi connectivity index (χ1v) is 15.7. The highest BCUT2D eigenvalue weighted by Gasteiger charge is 2.40. The van der Waals surface area contributed by atoms with Crippen LogP contribution in [0.15, 0.2) is 79.2 Å². The van der Waals surface area contributed by atoms with Crippen LogP contribution < -0.4 is 9.47 Å². The number of carbonyl (C=O) groups excluding carboxylic acids is 1. The lowest BCUT2D eigenvalue weighted by Crippen LogP contribution is -2.46. The van der Waals surface area contributed by atoms with Gasteiger partial charge in [-0.05, 0) is 55.2 Å². The molecular formula is C36H38ClN3O5. The average molecular weight is 628 g/mol. The van der Waals surface area contributed by atoms with E-state index in [0.717, 1.165) is 43.5 Å². The van der Waals surface area contributed by atoms with Gasteiger partial charge in [-0.2, -0.15) is 5.26 Å². The van der Waals surface area contributed by atoms with Crippen LogP contribution in [0.2, 0.25) is 5.02 Å². The third kappa shape index (κ3) is 8.19. The predicted octanol–water partition coefficient (Wildman–Crippen LogP) is 6.27. The number of likely N-dealkylation sites (tertiary alicyclic amines) is 1. The molecule has 45 heavy (non-hydrogen) atoms. The minimum atomic E-state index is -0.793. The predicted molar refractivity (Wildman–Crippen MR) is 173 cm³/mol. The van der Waals surface area contributed by atoms with Crippen LogP contribution in [0, 0.1) is 17.2 Å². The van der Waals surface area contributed by atoms with Crippen molar-refractivity contribution in [3.8, 4) is 17.6 Å². The molecule has 1 N–H and O–H groups in total. The summed E-state index contributed by atoms with van der Waals surface area (Å²) < 4.78 is 19.1. The van der Waals surface area contributed by atoms with Gasteiger partial charge in [0.05, 0.1) is 22.3 Å². The van der Waals surface area contributed by atoms with E-state index in [2.05, 4.69) is 47.2 Å². The Balaban J connectivity index is 1.33. The number of allylic oxidation sites excluding steroid dienone is 2. The van der Waals surface area contributed by atoms with Crippen molar-refractivity contribution in [2.75, 3.05) is 32.8 Å². The molecule has 3 aromatic rings. The van der Waals surface area contributed by atoms with Gasteiger partial charge in [0.1, 0.15) is 36.4 Å². The fourth-order valence-electron chi connectivity index (χ4n) is 5.87. The first kappa shape index (κ1) is 32.4. The van der Waals surface area contributed by atoms with E-state index in [1.165, 1.54) is 12.3 Å². The molecule has 1 aliphatic carbocycles. The van der Waals surface area contributed by atoms with Gasteiger partial charge >= 0.3 is 0 Å².